The van der Waals surface area contributed by atoms with Crippen molar-refractivity contribution in [3.05, 3.63) is 34.2 Å². The van der Waals surface area contributed by atoms with Crippen molar-refractivity contribution in [1.82, 2.24) is 0 Å². The average molecular weight is 191 g/mol. The second kappa shape index (κ2) is 2.77. The van der Waals surface area contributed by atoms with Crippen molar-refractivity contribution in [3.8, 4) is 5.75 Å². The zero-order valence-electron chi connectivity index (χ0n) is 7.57. The summed E-state index contributed by atoms with van der Waals surface area (Å²) in [5, 5.41) is 10.1. The molecular weight excluding hydrogens is 182 g/mol. The fraction of sp³-hybridized carbons (Fsp3) is 0.100. The molecule has 2 aromatic rings. The number of anilines is 1. The van der Waals surface area contributed by atoms with Crippen LogP contribution in [0.5, 0.6) is 5.75 Å². The van der Waals surface area contributed by atoms with Gasteiger partial charge in [-0.3, -0.25) is 0 Å². The number of aromatic hydroxyl groups is 1. The molecule has 4 nitrogen and oxygen atoms in total. The number of benzene rings is 1. The van der Waals surface area contributed by atoms with Crippen molar-refractivity contribution in [2.75, 3.05) is 5.73 Å². The summed E-state index contributed by atoms with van der Waals surface area (Å²) in [5.74, 6) is -0.00514. The van der Waals surface area contributed by atoms with Gasteiger partial charge >= 0.3 is 5.63 Å². The lowest BCUT2D eigenvalue weighted by Gasteiger charge is -2.03. The molecular formula is C10H9NO3. The first kappa shape index (κ1) is 8.62. The first-order valence-corrected chi connectivity index (χ1v) is 4.11. The minimum absolute atomic E-state index is 0.00514. The Morgan fingerprint density at radius 1 is 1.36 bits per heavy atom. The van der Waals surface area contributed by atoms with Gasteiger partial charge in [-0.15, -0.1) is 0 Å². The molecule has 14 heavy (non-hydrogen) atoms. The molecule has 72 valence electrons. The topological polar surface area (TPSA) is 76.5 Å². The van der Waals surface area contributed by atoms with E-state index in [4.69, 9.17) is 10.2 Å². The van der Waals surface area contributed by atoms with Crippen LogP contribution < -0.4 is 11.4 Å². The normalized spacial score (nSPS) is 10.6. The number of phenolic OH excluding ortho intramolecular Hbond substituents is 1. The van der Waals surface area contributed by atoms with Crippen LogP contribution in [0.15, 0.2) is 27.4 Å². The summed E-state index contributed by atoms with van der Waals surface area (Å²) in [6.07, 6.45) is 0. The van der Waals surface area contributed by atoms with E-state index in [1.807, 2.05) is 0 Å². The Kier molecular flexibility index (Phi) is 1.70. The smallest absolute Gasteiger partial charge is 0.336 e. The van der Waals surface area contributed by atoms with Crippen LogP contribution in [0.1, 0.15) is 5.56 Å². The van der Waals surface area contributed by atoms with E-state index >= 15 is 0 Å². The molecule has 1 heterocycles. The first-order valence-electron chi connectivity index (χ1n) is 4.11. The van der Waals surface area contributed by atoms with Gasteiger partial charge in [0.2, 0.25) is 0 Å². The highest BCUT2D eigenvalue weighted by atomic mass is 16.4. The monoisotopic (exact) mass is 191 g/mol. The van der Waals surface area contributed by atoms with Gasteiger partial charge < -0.3 is 15.3 Å². The highest BCUT2D eigenvalue weighted by Crippen LogP contribution is 2.27. The average Bonchev–Trinajstić information content (AvgIpc) is 2.08. The van der Waals surface area contributed by atoms with Gasteiger partial charge in [0.05, 0.1) is 5.69 Å². The molecule has 0 fully saturated rings. The van der Waals surface area contributed by atoms with Crippen molar-refractivity contribution in [3.63, 3.8) is 0 Å². The van der Waals surface area contributed by atoms with E-state index in [-0.39, 0.29) is 11.4 Å². The minimum Gasteiger partial charge on any atom is -0.506 e. The van der Waals surface area contributed by atoms with Crippen LogP contribution in [-0.4, -0.2) is 5.11 Å². The summed E-state index contributed by atoms with van der Waals surface area (Å²) in [6, 6.07) is 4.31. The second-order valence-corrected chi connectivity index (χ2v) is 3.16. The molecule has 1 aromatic heterocycles. The molecule has 0 aliphatic rings. The maximum atomic E-state index is 11.0. The molecule has 4 heteroatoms. The van der Waals surface area contributed by atoms with Gasteiger partial charge in [0.25, 0.3) is 0 Å². The van der Waals surface area contributed by atoms with E-state index in [0.29, 0.717) is 11.0 Å². The third-order valence-corrected chi connectivity index (χ3v) is 2.10. The fourth-order valence-corrected chi connectivity index (χ4v) is 1.37. The van der Waals surface area contributed by atoms with Crippen molar-refractivity contribution in [1.29, 1.82) is 0 Å². The number of aryl methyl sites for hydroxylation is 1. The summed E-state index contributed by atoms with van der Waals surface area (Å²) in [5.41, 5.74) is 6.41. The van der Waals surface area contributed by atoms with E-state index in [1.165, 1.54) is 18.2 Å². The van der Waals surface area contributed by atoms with Crippen molar-refractivity contribution >= 4 is 16.7 Å². The number of nitrogens with two attached hydrogens (primary N) is 1. The fourth-order valence-electron chi connectivity index (χ4n) is 1.37. The van der Waals surface area contributed by atoms with Crippen LogP contribution in [-0.2, 0) is 0 Å². The number of nitrogen functional groups attached to an aromatic ring is 1. The largest absolute Gasteiger partial charge is 0.506 e. The quantitative estimate of drug-likeness (QED) is 0.375. The maximum Gasteiger partial charge on any atom is 0.336 e. The number of rotatable bonds is 0. The van der Waals surface area contributed by atoms with Crippen LogP contribution in [0.2, 0.25) is 0 Å². The van der Waals surface area contributed by atoms with Gasteiger partial charge in [-0.2, -0.15) is 0 Å². The van der Waals surface area contributed by atoms with Crippen LogP contribution >= 0.6 is 0 Å². The SMILES string of the molecule is Cc1cc(=O)oc2cc(N)c(O)cc12. The lowest BCUT2D eigenvalue weighted by molar-refractivity contribution is 0.478. The van der Waals surface area contributed by atoms with Gasteiger partial charge in [-0.25, -0.2) is 4.79 Å². The molecule has 0 amide bonds. The molecule has 0 spiro atoms. The van der Waals surface area contributed by atoms with Gasteiger partial charge in [-0.1, -0.05) is 0 Å². The van der Waals surface area contributed by atoms with Crippen LogP contribution in [0, 0.1) is 6.92 Å². The Labute approximate surface area is 79.6 Å². The third kappa shape index (κ3) is 1.21. The van der Waals surface area contributed by atoms with Crippen LogP contribution in [0.25, 0.3) is 11.0 Å². The number of hydrogen-bond acceptors (Lipinski definition) is 4. The van der Waals surface area contributed by atoms with Gasteiger partial charge in [0, 0.05) is 17.5 Å². The molecule has 3 N–H and O–H groups in total. The summed E-state index contributed by atoms with van der Waals surface area (Å²) < 4.78 is 4.93. The van der Waals surface area contributed by atoms with Gasteiger partial charge in [0.15, 0.2) is 0 Å². The summed E-state index contributed by atoms with van der Waals surface area (Å²) in [7, 11) is 0. The molecule has 2 rings (SSSR count). The molecule has 0 bridgehead atoms. The molecule has 0 radical (unpaired) electrons. The summed E-state index contributed by atoms with van der Waals surface area (Å²) >= 11 is 0. The lowest BCUT2D eigenvalue weighted by Crippen LogP contribution is -1.98. The molecule has 0 unspecified atom stereocenters. The van der Waals surface area contributed by atoms with E-state index in [1.54, 1.807) is 6.92 Å². The first-order chi connectivity index (χ1) is 6.58. The zero-order valence-corrected chi connectivity index (χ0v) is 7.57. The third-order valence-electron chi connectivity index (χ3n) is 2.10. The Morgan fingerprint density at radius 2 is 2.07 bits per heavy atom. The minimum atomic E-state index is -0.417. The Balaban J connectivity index is 2.96. The van der Waals surface area contributed by atoms with Gasteiger partial charge in [0.1, 0.15) is 11.3 Å². The molecule has 0 aliphatic heterocycles. The Hall–Kier alpha value is -1.97. The van der Waals surface area contributed by atoms with E-state index < -0.39 is 5.63 Å². The molecule has 0 aliphatic carbocycles. The van der Waals surface area contributed by atoms with E-state index in [2.05, 4.69) is 0 Å². The van der Waals surface area contributed by atoms with E-state index in [9.17, 15) is 9.90 Å². The lowest BCUT2D eigenvalue weighted by atomic mass is 10.1. The van der Waals surface area contributed by atoms with Crippen LogP contribution in [0.3, 0.4) is 0 Å². The highest BCUT2D eigenvalue weighted by Gasteiger charge is 2.05. The second-order valence-electron chi connectivity index (χ2n) is 3.16. The number of phenols is 1. The van der Waals surface area contributed by atoms with Gasteiger partial charge in [-0.05, 0) is 18.6 Å². The van der Waals surface area contributed by atoms with Crippen LogP contribution in [0.4, 0.5) is 5.69 Å². The van der Waals surface area contributed by atoms with Crippen molar-refractivity contribution in [2.24, 2.45) is 0 Å². The van der Waals surface area contributed by atoms with Crippen molar-refractivity contribution < 1.29 is 9.52 Å². The summed E-state index contributed by atoms with van der Waals surface area (Å²) in [4.78, 5) is 11.0. The van der Waals surface area contributed by atoms with Crippen molar-refractivity contribution in [2.45, 2.75) is 6.92 Å². The number of fused-ring (bicyclic) bond motifs is 1. The standard InChI is InChI=1S/C10H9NO3/c1-5-2-10(13)14-9-4-7(11)8(12)3-6(5)9/h2-4,12H,11H2,1H3. The molecule has 1 aromatic carbocycles. The Bertz CT molecular complexity index is 557. The maximum absolute atomic E-state index is 11.0. The van der Waals surface area contributed by atoms with E-state index in [0.717, 1.165) is 5.56 Å². The molecule has 0 atom stereocenters. The zero-order chi connectivity index (χ0) is 10.3. The Morgan fingerprint density at radius 3 is 2.79 bits per heavy atom. The molecule has 0 saturated heterocycles. The highest BCUT2D eigenvalue weighted by molar-refractivity contribution is 5.85. The number of hydrogen-bond donors (Lipinski definition) is 2. The molecule has 0 saturated carbocycles. The predicted octanol–water partition coefficient (Wildman–Crippen LogP) is 1.39. The predicted molar refractivity (Wildman–Crippen MR) is 53.3 cm³/mol. The summed E-state index contributed by atoms with van der Waals surface area (Å²) in [6.45, 7) is 1.77.